The average Bonchev–Trinajstić information content (AvgIpc) is 3.11. The summed E-state index contributed by atoms with van der Waals surface area (Å²) in [5, 5.41) is 3.22. The van der Waals surface area contributed by atoms with Crippen molar-refractivity contribution in [1.29, 1.82) is 0 Å². The van der Waals surface area contributed by atoms with Crippen LogP contribution in [-0.4, -0.2) is 23.3 Å². The maximum Gasteiger partial charge on any atom is 0.226 e. The number of amides is 1. The van der Waals surface area contributed by atoms with Crippen molar-refractivity contribution in [3.8, 4) is 17.0 Å². The van der Waals surface area contributed by atoms with E-state index >= 15 is 0 Å². The summed E-state index contributed by atoms with van der Waals surface area (Å²) in [5.74, 6) is 0.578. The molecule has 0 radical (unpaired) electrons. The summed E-state index contributed by atoms with van der Waals surface area (Å²) in [6.07, 6.45) is 0.916. The van der Waals surface area contributed by atoms with Gasteiger partial charge in [-0.15, -0.1) is 0 Å². The van der Waals surface area contributed by atoms with Crippen molar-refractivity contribution in [2.45, 2.75) is 19.8 Å². The molecule has 0 unspecified atom stereocenters. The molecule has 0 aliphatic carbocycles. The average molecular weight is 380 g/mol. The van der Waals surface area contributed by atoms with Gasteiger partial charge in [-0.2, -0.15) is 0 Å². The minimum atomic E-state index is -0.143. The van der Waals surface area contributed by atoms with Crippen molar-refractivity contribution in [3.63, 3.8) is 0 Å². The highest BCUT2D eigenvalue weighted by Crippen LogP contribution is 2.31. The lowest BCUT2D eigenvalue weighted by molar-refractivity contribution is -0.116. The minimum absolute atomic E-state index is 0.0666. The number of Topliss-reactive ketones (excluding diaryl/α,β-unsaturated/α-hetero) is 1. The van der Waals surface area contributed by atoms with Crippen molar-refractivity contribution in [2.24, 2.45) is 0 Å². The second kappa shape index (κ2) is 9.09. The molecular formula is C21H20N2O3S. The molecule has 0 aliphatic rings. The van der Waals surface area contributed by atoms with E-state index in [1.807, 2.05) is 60.7 Å². The number of ketones is 1. The second-order valence-corrected chi connectivity index (χ2v) is 6.93. The molecule has 0 fully saturated rings. The summed E-state index contributed by atoms with van der Waals surface area (Å²) in [4.78, 5) is 29.1. The zero-order valence-corrected chi connectivity index (χ0v) is 15.8. The van der Waals surface area contributed by atoms with Gasteiger partial charge in [0.1, 0.15) is 5.75 Å². The first-order valence-corrected chi connectivity index (χ1v) is 9.50. The molecule has 0 saturated carbocycles. The molecule has 1 amide bonds. The van der Waals surface area contributed by atoms with Gasteiger partial charge in [-0.3, -0.25) is 9.59 Å². The summed E-state index contributed by atoms with van der Waals surface area (Å²) >= 11 is 1.20. The van der Waals surface area contributed by atoms with Gasteiger partial charge in [0.2, 0.25) is 5.91 Å². The number of nitrogens with zero attached hydrogens (tertiary/aromatic N) is 1. The molecule has 0 aliphatic heterocycles. The van der Waals surface area contributed by atoms with E-state index in [-0.39, 0.29) is 11.7 Å². The first kappa shape index (κ1) is 18.8. The first-order valence-electron chi connectivity index (χ1n) is 8.68. The van der Waals surface area contributed by atoms with E-state index in [0.717, 1.165) is 11.3 Å². The number of anilines is 1. The van der Waals surface area contributed by atoms with Gasteiger partial charge in [0.05, 0.1) is 17.2 Å². The predicted molar refractivity (Wildman–Crippen MR) is 107 cm³/mol. The van der Waals surface area contributed by atoms with Crippen LogP contribution >= 0.6 is 11.3 Å². The van der Waals surface area contributed by atoms with Gasteiger partial charge in [-0.25, -0.2) is 4.98 Å². The second-order valence-electron chi connectivity index (χ2n) is 5.93. The fourth-order valence-corrected chi connectivity index (χ4v) is 3.42. The number of rotatable bonds is 8. The molecule has 1 N–H and O–H groups in total. The van der Waals surface area contributed by atoms with Crippen molar-refractivity contribution >= 4 is 28.2 Å². The van der Waals surface area contributed by atoms with E-state index in [1.54, 1.807) is 0 Å². The lowest BCUT2D eigenvalue weighted by Gasteiger charge is -2.05. The Balaban J connectivity index is 1.57. The van der Waals surface area contributed by atoms with E-state index < -0.39 is 0 Å². The topological polar surface area (TPSA) is 68.3 Å². The van der Waals surface area contributed by atoms with Gasteiger partial charge in [0, 0.05) is 18.9 Å². The van der Waals surface area contributed by atoms with Crippen LogP contribution in [0.15, 0.2) is 60.7 Å². The van der Waals surface area contributed by atoms with Crippen LogP contribution in [-0.2, 0) is 4.79 Å². The van der Waals surface area contributed by atoms with Crippen LogP contribution in [0.3, 0.4) is 0 Å². The monoisotopic (exact) mass is 380 g/mol. The van der Waals surface area contributed by atoms with Crippen LogP contribution < -0.4 is 10.1 Å². The van der Waals surface area contributed by atoms with Crippen molar-refractivity contribution in [3.05, 3.63) is 65.5 Å². The molecule has 0 saturated heterocycles. The predicted octanol–water partition coefficient (Wildman–Crippen LogP) is 4.81. The molecule has 6 heteroatoms. The number of ether oxygens (including phenoxy) is 1. The van der Waals surface area contributed by atoms with Gasteiger partial charge in [-0.1, -0.05) is 59.9 Å². The molecule has 1 heterocycles. The lowest BCUT2D eigenvalue weighted by atomic mass is 10.1. The molecule has 27 heavy (non-hydrogen) atoms. The summed E-state index contributed by atoms with van der Waals surface area (Å²) in [6, 6.07) is 19.0. The third-order valence-electron chi connectivity index (χ3n) is 3.80. The molecule has 2 aromatic carbocycles. The van der Waals surface area contributed by atoms with E-state index in [9.17, 15) is 9.59 Å². The maximum absolute atomic E-state index is 12.2. The number of thiazole rings is 1. The number of carbonyl (C=O) groups excluding carboxylic acids is 2. The largest absolute Gasteiger partial charge is 0.494 e. The van der Waals surface area contributed by atoms with Crippen molar-refractivity contribution in [2.75, 3.05) is 11.9 Å². The summed E-state index contributed by atoms with van der Waals surface area (Å²) < 4.78 is 5.58. The number of carbonyl (C=O) groups is 2. The molecule has 0 spiro atoms. The molecule has 0 bridgehead atoms. The quantitative estimate of drug-likeness (QED) is 0.450. The van der Waals surface area contributed by atoms with Crippen LogP contribution in [0.5, 0.6) is 5.75 Å². The Labute approximate surface area is 162 Å². The van der Waals surface area contributed by atoms with Gasteiger partial charge in [0.25, 0.3) is 0 Å². The van der Waals surface area contributed by atoms with E-state index in [0.29, 0.717) is 35.2 Å². The number of aromatic nitrogens is 1. The minimum Gasteiger partial charge on any atom is -0.494 e. The molecule has 3 aromatic rings. The summed E-state index contributed by atoms with van der Waals surface area (Å²) in [6.45, 7) is 1.97. The normalized spacial score (nSPS) is 10.4. The zero-order chi connectivity index (χ0) is 19.1. The molecular weight excluding hydrogens is 360 g/mol. The Morgan fingerprint density at radius 3 is 2.37 bits per heavy atom. The number of benzene rings is 2. The van der Waals surface area contributed by atoms with Crippen LogP contribution in [0, 0.1) is 0 Å². The Morgan fingerprint density at radius 1 is 1.04 bits per heavy atom. The van der Waals surface area contributed by atoms with E-state index in [4.69, 9.17) is 4.74 Å². The fraction of sp³-hybridized carbons (Fsp3) is 0.190. The standard InChI is InChI=1S/C21H20N2O3S/c1-15(24)20-19(16-9-4-2-5-10-16)23-21(27-20)22-18(25)13-8-14-26-17-11-6-3-7-12-17/h2-7,9-12H,8,13-14H2,1H3,(H,22,23,25). The van der Waals surface area contributed by atoms with Crippen LogP contribution in [0.1, 0.15) is 29.4 Å². The smallest absolute Gasteiger partial charge is 0.226 e. The van der Waals surface area contributed by atoms with Crippen LogP contribution in [0.2, 0.25) is 0 Å². The fourth-order valence-electron chi connectivity index (χ4n) is 2.53. The van der Waals surface area contributed by atoms with Gasteiger partial charge in [-0.05, 0) is 18.6 Å². The third-order valence-corrected chi connectivity index (χ3v) is 4.87. The van der Waals surface area contributed by atoms with E-state index in [2.05, 4.69) is 10.3 Å². The zero-order valence-electron chi connectivity index (χ0n) is 15.0. The SMILES string of the molecule is CC(=O)c1sc(NC(=O)CCCOc2ccccc2)nc1-c1ccccc1. The Morgan fingerprint density at radius 2 is 1.70 bits per heavy atom. The highest BCUT2D eigenvalue weighted by atomic mass is 32.1. The van der Waals surface area contributed by atoms with Crippen molar-refractivity contribution < 1.29 is 14.3 Å². The van der Waals surface area contributed by atoms with Gasteiger partial charge >= 0.3 is 0 Å². The molecule has 0 atom stereocenters. The van der Waals surface area contributed by atoms with Gasteiger partial charge in [0.15, 0.2) is 10.9 Å². The number of hydrogen-bond donors (Lipinski definition) is 1. The van der Waals surface area contributed by atoms with Gasteiger partial charge < -0.3 is 10.1 Å². The summed E-state index contributed by atoms with van der Waals surface area (Å²) in [5.41, 5.74) is 1.46. The molecule has 1 aromatic heterocycles. The Hall–Kier alpha value is -2.99. The lowest BCUT2D eigenvalue weighted by Crippen LogP contribution is -2.12. The van der Waals surface area contributed by atoms with Crippen molar-refractivity contribution in [1.82, 2.24) is 4.98 Å². The maximum atomic E-state index is 12.2. The number of para-hydroxylation sites is 1. The highest BCUT2D eigenvalue weighted by molar-refractivity contribution is 7.18. The highest BCUT2D eigenvalue weighted by Gasteiger charge is 2.17. The number of nitrogens with one attached hydrogen (secondary N) is 1. The number of hydrogen-bond acceptors (Lipinski definition) is 5. The molecule has 3 rings (SSSR count). The van der Waals surface area contributed by atoms with Crippen LogP contribution in [0.25, 0.3) is 11.3 Å². The Kier molecular flexibility index (Phi) is 6.33. The van der Waals surface area contributed by atoms with Crippen LogP contribution in [0.4, 0.5) is 5.13 Å². The Bertz CT molecular complexity index is 908. The third kappa shape index (κ3) is 5.24. The molecule has 5 nitrogen and oxygen atoms in total. The summed E-state index contributed by atoms with van der Waals surface area (Å²) in [7, 11) is 0. The van der Waals surface area contributed by atoms with E-state index in [1.165, 1.54) is 18.3 Å². The first-order chi connectivity index (χ1) is 13.1. The molecule has 138 valence electrons.